The lowest BCUT2D eigenvalue weighted by Crippen LogP contribution is -3.08. The van der Waals surface area contributed by atoms with E-state index in [0.29, 0.717) is 24.4 Å². The predicted octanol–water partition coefficient (Wildman–Crippen LogP) is 1.22. The molecule has 1 atom stereocenters. The summed E-state index contributed by atoms with van der Waals surface area (Å²) in [4.78, 5) is 30.2. The summed E-state index contributed by atoms with van der Waals surface area (Å²) in [6, 6.07) is 13.1. The summed E-state index contributed by atoms with van der Waals surface area (Å²) in [6.45, 7) is 4.80. The number of nitrogens with zero attached hydrogens (tertiary/aromatic N) is 2. The molecule has 27 heavy (non-hydrogen) atoms. The summed E-state index contributed by atoms with van der Waals surface area (Å²) in [5.74, 6) is -0.0541. The molecule has 140 valence electrons. The van der Waals surface area contributed by atoms with E-state index in [2.05, 4.69) is 17.2 Å². The van der Waals surface area contributed by atoms with Crippen LogP contribution in [0.4, 0.5) is 5.69 Å². The van der Waals surface area contributed by atoms with Crippen molar-refractivity contribution in [3.05, 3.63) is 75.8 Å². The van der Waals surface area contributed by atoms with Gasteiger partial charge in [0.1, 0.15) is 17.9 Å². The molecule has 0 fully saturated rings. The topological polar surface area (TPSA) is 67.9 Å². The molecule has 2 aromatic heterocycles. The van der Waals surface area contributed by atoms with Crippen LogP contribution >= 0.6 is 0 Å². The van der Waals surface area contributed by atoms with Gasteiger partial charge in [-0.25, -0.2) is 4.98 Å². The Labute approximate surface area is 158 Å². The van der Waals surface area contributed by atoms with Crippen molar-refractivity contribution in [3.63, 3.8) is 0 Å². The van der Waals surface area contributed by atoms with Crippen molar-refractivity contribution in [3.8, 4) is 0 Å². The molecular formula is C21H25N4O2+. The third kappa shape index (κ3) is 4.60. The number of nitrogens with one attached hydrogen (secondary N) is 2. The van der Waals surface area contributed by atoms with E-state index in [1.807, 2.05) is 50.4 Å². The molecule has 1 aromatic carbocycles. The Morgan fingerprint density at radius 3 is 2.78 bits per heavy atom. The van der Waals surface area contributed by atoms with Crippen LogP contribution in [0.5, 0.6) is 0 Å². The van der Waals surface area contributed by atoms with Gasteiger partial charge in [-0.15, -0.1) is 0 Å². The zero-order valence-corrected chi connectivity index (χ0v) is 16.0. The van der Waals surface area contributed by atoms with Crippen LogP contribution in [0.2, 0.25) is 0 Å². The van der Waals surface area contributed by atoms with Gasteiger partial charge in [0, 0.05) is 18.0 Å². The van der Waals surface area contributed by atoms with Gasteiger partial charge in [-0.05, 0) is 36.6 Å². The molecule has 0 saturated carbocycles. The number of rotatable bonds is 6. The molecule has 2 heterocycles. The number of aryl methyl sites for hydroxylation is 2. The molecule has 0 radical (unpaired) electrons. The number of carbonyl (C=O) groups excluding carboxylic acids is 1. The van der Waals surface area contributed by atoms with Crippen molar-refractivity contribution in [1.29, 1.82) is 0 Å². The average molecular weight is 365 g/mol. The lowest BCUT2D eigenvalue weighted by atomic mass is 10.1. The minimum absolute atomic E-state index is 0.0541. The second kappa shape index (κ2) is 8.14. The third-order valence-corrected chi connectivity index (χ3v) is 4.48. The Morgan fingerprint density at radius 2 is 2.00 bits per heavy atom. The normalized spacial score (nSPS) is 12.1. The minimum Gasteiger partial charge on any atom is -0.325 e. The Hall–Kier alpha value is -2.99. The lowest BCUT2D eigenvalue weighted by molar-refractivity contribution is -0.885. The second-order valence-corrected chi connectivity index (χ2v) is 6.89. The van der Waals surface area contributed by atoms with Gasteiger partial charge in [0.2, 0.25) is 0 Å². The number of benzene rings is 1. The van der Waals surface area contributed by atoms with Crippen LogP contribution in [0.15, 0.2) is 53.5 Å². The summed E-state index contributed by atoms with van der Waals surface area (Å²) in [6.07, 6.45) is 2.65. The van der Waals surface area contributed by atoms with Gasteiger partial charge in [-0.3, -0.25) is 14.0 Å². The molecule has 1 amide bonds. The van der Waals surface area contributed by atoms with Gasteiger partial charge >= 0.3 is 0 Å². The summed E-state index contributed by atoms with van der Waals surface area (Å²) in [7, 11) is 1.92. The molecule has 0 saturated heterocycles. The SMILES string of the molecule is CCc1ccccc1NC(=O)C[NH+](C)Cc1cc(=O)n2cc(C)ccc2n1. The molecule has 3 rings (SSSR count). The Bertz CT molecular complexity index is 1030. The average Bonchev–Trinajstić information content (AvgIpc) is 2.62. The zero-order valence-electron chi connectivity index (χ0n) is 16.0. The first-order valence-corrected chi connectivity index (χ1v) is 9.14. The fourth-order valence-electron chi connectivity index (χ4n) is 3.14. The van der Waals surface area contributed by atoms with Gasteiger partial charge in [-0.2, -0.15) is 0 Å². The highest BCUT2D eigenvalue weighted by Gasteiger charge is 2.14. The van der Waals surface area contributed by atoms with E-state index in [1.54, 1.807) is 16.7 Å². The van der Waals surface area contributed by atoms with E-state index in [-0.39, 0.29) is 11.5 Å². The Balaban J connectivity index is 1.67. The first-order valence-electron chi connectivity index (χ1n) is 9.14. The lowest BCUT2D eigenvalue weighted by Gasteiger charge is -2.15. The Morgan fingerprint density at radius 1 is 1.22 bits per heavy atom. The number of anilines is 1. The minimum atomic E-state index is -0.104. The summed E-state index contributed by atoms with van der Waals surface area (Å²) >= 11 is 0. The summed E-state index contributed by atoms with van der Waals surface area (Å²) < 4.78 is 1.54. The number of likely N-dealkylation sites (N-methyl/N-ethyl adjacent to an activating group) is 1. The number of hydrogen-bond acceptors (Lipinski definition) is 3. The van der Waals surface area contributed by atoms with Gasteiger partial charge in [0.05, 0.1) is 7.05 Å². The van der Waals surface area contributed by atoms with Crippen molar-refractivity contribution in [1.82, 2.24) is 9.38 Å². The van der Waals surface area contributed by atoms with E-state index in [1.165, 1.54) is 0 Å². The van der Waals surface area contributed by atoms with Gasteiger partial charge < -0.3 is 10.2 Å². The maximum absolute atomic E-state index is 12.4. The number of aromatic nitrogens is 2. The second-order valence-electron chi connectivity index (χ2n) is 6.89. The highest BCUT2D eigenvalue weighted by molar-refractivity contribution is 5.92. The fraction of sp³-hybridized carbons (Fsp3) is 0.286. The molecule has 6 heteroatoms. The molecule has 0 aliphatic heterocycles. The van der Waals surface area contributed by atoms with Crippen LogP contribution in [-0.4, -0.2) is 28.9 Å². The number of amides is 1. The first kappa shape index (κ1) is 18.8. The maximum Gasteiger partial charge on any atom is 0.279 e. The van der Waals surface area contributed by atoms with Crippen LogP contribution in [0.25, 0.3) is 5.65 Å². The highest BCUT2D eigenvalue weighted by atomic mass is 16.2. The van der Waals surface area contributed by atoms with Crippen LogP contribution < -0.4 is 15.8 Å². The number of para-hydroxylation sites is 1. The van der Waals surface area contributed by atoms with Gasteiger partial charge in [-0.1, -0.05) is 31.2 Å². The zero-order chi connectivity index (χ0) is 19.4. The predicted molar refractivity (Wildman–Crippen MR) is 106 cm³/mol. The van der Waals surface area contributed by atoms with Crippen molar-refractivity contribution < 1.29 is 9.69 Å². The largest absolute Gasteiger partial charge is 0.325 e. The van der Waals surface area contributed by atoms with E-state index in [4.69, 9.17) is 0 Å². The molecule has 3 aromatic rings. The fourth-order valence-corrected chi connectivity index (χ4v) is 3.14. The van der Waals surface area contributed by atoms with Crippen molar-refractivity contribution >= 4 is 17.2 Å². The van der Waals surface area contributed by atoms with E-state index >= 15 is 0 Å². The van der Waals surface area contributed by atoms with Crippen molar-refractivity contribution in [2.75, 3.05) is 18.9 Å². The summed E-state index contributed by atoms with van der Waals surface area (Å²) in [5.41, 5.74) is 4.18. The number of hydrogen-bond donors (Lipinski definition) is 2. The number of carbonyl (C=O) groups is 1. The monoisotopic (exact) mass is 365 g/mol. The van der Waals surface area contributed by atoms with E-state index < -0.39 is 0 Å². The van der Waals surface area contributed by atoms with E-state index in [0.717, 1.165) is 28.1 Å². The van der Waals surface area contributed by atoms with Crippen LogP contribution in [0.1, 0.15) is 23.7 Å². The van der Waals surface area contributed by atoms with Crippen LogP contribution in [-0.2, 0) is 17.8 Å². The molecule has 6 nitrogen and oxygen atoms in total. The van der Waals surface area contributed by atoms with Gasteiger partial charge in [0.25, 0.3) is 11.5 Å². The highest BCUT2D eigenvalue weighted by Crippen LogP contribution is 2.14. The standard InChI is InChI=1S/C21H24N4O2/c1-4-16-7-5-6-8-18(16)23-20(26)14-24(3)13-17-11-21(27)25-12-15(2)9-10-19(25)22-17/h5-12H,4,13-14H2,1-3H3,(H,23,26)/p+1. The molecule has 1 unspecified atom stereocenters. The first-order chi connectivity index (χ1) is 13.0. The number of fused-ring (bicyclic) bond motifs is 1. The van der Waals surface area contributed by atoms with E-state index in [9.17, 15) is 9.59 Å². The third-order valence-electron chi connectivity index (χ3n) is 4.48. The molecule has 0 aliphatic carbocycles. The molecule has 0 aliphatic rings. The molecule has 0 bridgehead atoms. The number of quaternary nitrogens is 1. The summed E-state index contributed by atoms with van der Waals surface area (Å²) in [5, 5.41) is 2.98. The van der Waals surface area contributed by atoms with Crippen molar-refractivity contribution in [2.24, 2.45) is 0 Å². The molecular weight excluding hydrogens is 340 g/mol. The maximum atomic E-state index is 12.4. The Kier molecular flexibility index (Phi) is 5.66. The van der Waals surface area contributed by atoms with Gasteiger partial charge in [0.15, 0.2) is 6.54 Å². The smallest absolute Gasteiger partial charge is 0.279 e. The number of pyridine rings is 1. The van der Waals surface area contributed by atoms with Crippen LogP contribution in [0, 0.1) is 6.92 Å². The molecule has 0 spiro atoms. The quantitative estimate of drug-likeness (QED) is 0.690. The van der Waals surface area contributed by atoms with Crippen LogP contribution in [0.3, 0.4) is 0 Å². The van der Waals surface area contributed by atoms with Crippen molar-refractivity contribution in [2.45, 2.75) is 26.8 Å². The molecule has 2 N–H and O–H groups in total.